The van der Waals surface area contributed by atoms with Gasteiger partial charge in [0.2, 0.25) is 0 Å². The standard InChI is InChI=1S/C89H174O5/c1-4-6-8-10-12-14-16-18-20-22-23-24-25-26-27-32-38-44-50-56-62-68-76-85(89(91)92)86(90)77-69-63-57-51-45-39-34-37-43-49-55-61-67-75-84-81-83(84)74-66-60-54-48-42-36-31-28-29-33-40-46-52-58-64-70-78-87(94-88-79-71-72-80-93-88)82(3)73-65-59-53-47-41-35-30-21-19-17-15-13-11-9-7-5-2/h82-88,90H,4-81H2,1-3H3,(H,91,92)/t82-,83-,84+,85?,86+,87-,88+/m0/s1. The van der Waals surface area contributed by atoms with Gasteiger partial charge in [-0.1, -0.05) is 464 Å². The number of rotatable bonds is 80. The van der Waals surface area contributed by atoms with E-state index >= 15 is 0 Å². The molecule has 7 atom stereocenters. The summed E-state index contributed by atoms with van der Waals surface area (Å²) in [7, 11) is 0. The molecule has 0 spiro atoms. The smallest absolute Gasteiger partial charge is 0.309 e. The monoisotopic (exact) mass is 1320 g/mol. The van der Waals surface area contributed by atoms with Crippen molar-refractivity contribution < 1.29 is 24.5 Å². The van der Waals surface area contributed by atoms with Crippen LogP contribution in [0.4, 0.5) is 0 Å². The van der Waals surface area contributed by atoms with Crippen molar-refractivity contribution in [2.45, 2.75) is 534 Å². The van der Waals surface area contributed by atoms with Crippen LogP contribution in [0.2, 0.25) is 0 Å². The average molecular weight is 1320 g/mol. The van der Waals surface area contributed by atoms with Gasteiger partial charge in [-0.15, -0.1) is 0 Å². The first-order chi connectivity index (χ1) is 46.5. The molecule has 2 aliphatic rings. The molecule has 2 fully saturated rings. The van der Waals surface area contributed by atoms with Crippen molar-refractivity contribution >= 4 is 5.97 Å². The zero-order valence-electron chi connectivity index (χ0n) is 64.8. The molecule has 0 amide bonds. The lowest BCUT2D eigenvalue weighted by Crippen LogP contribution is -2.31. The molecule has 0 bridgehead atoms. The number of hydrogen-bond donors (Lipinski definition) is 2. The number of aliphatic hydroxyl groups excluding tert-OH is 1. The Labute approximate surface area is 591 Å². The van der Waals surface area contributed by atoms with Crippen LogP contribution in [0.15, 0.2) is 0 Å². The lowest BCUT2D eigenvalue weighted by atomic mass is 9.91. The number of carboxylic acid groups (broad SMARTS) is 1. The third-order valence-electron chi connectivity index (χ3n) is 23.2. The van der Waals surface area contributed by atoms with Crippen molar-refractivity contribution in [3.8, 4) is 0 Å². The maximum absolute atomic E-state index is 12.0. The minimum Gasteiger partial charge on any atom is -0.481 e. The van der Waals surface area contributed by atoms with Crippen LogP contribution in [-0.4, -0.2) is 41.3 Å². The molecule has 94 heavy (non-hydrogen) atoms. The maximum atomic E-state index is 12.0. The van der Waals surface area contributed by atoms with Crippen LogP contribution in [-0.2, 0) is 14.3 Å². The number of carbonyl (C=O) groups is 1. The molecule has 2 rings (SSSR count). The van der Waals surface area contributed by atoms with Crippen molar-refractivity contribution in [1.82, 2.24) is 0 Å². The Balaban J connectivity index is 1.26. The largest absolute Gasteiger partial charge is 0.481 e. The predicted molar refractivity (Wildman–Crippen MR) is 415 cm³/mol. The van der Waals surface area contributed by atoms with Gasteiger partial charge >= 0.3 is 5.97 Å². The highest BCUT2D eigenvalue weighted by Gasteiger charge is 2.35. The van der Waals surface area contributed by atoms with Crippen LogP contribution in [0.3, 0.4) is 0 Å². The molecule has 1 aliphatic heterocycles. The van der Waals surface area contributed by atoms with Gasteiger partial charge in [0, 0.05) is 6.61 Å². The Hall–Kier alpha value is -0.650. The molecule has 2 N–H and O–H groups in total. The van der Waals surface area contributed by atoms with Crippen LogP contribution in [0, 0.1) is 23.7 Å². The van der Waals surface area contributed by atoms with Gasteiger partial charge in [-0.3, -0.25) is 4.79 Å². The topological polar surface area (TPSA) is 76.0 Å². The van der Waals surface area contributed by atoms with E-state index in [0.29, 0.717) is 24.9 Å². The van der Waals surface area contributed by atoms with Gasteiger partial charge in [-0.25, -0.2) is 0 Å². The number of aliphatic hydroxyl groups is 1. The second-order valence-electron chi connectivity index (χ2n) is 32.4. The molecular weight excluding hydrogens is 1150 g/mol. The van der Waals surface area contributed by atoms with Gasteiger partial charge in [0.15, 0.2) is 6.29 Å². The lowest BCUT2D eigenvalue weighted by Gasteiger charge is -2.31. The van der Waals surface area contributed by atoms with Gasteiger partial charge in [0.05, 0.1) is 18.1 Å². The van der Waals surface area contributed by atoms with Crippen LogP contribution in [0.25, 0.3) is 0 Å². The average Bonchev–Trinajstić information content (AvgIpc) is 1.82. The van der Waals surface area contributed by atoms with Crippen LogP contribution in [0.5, 0.6) is 0 Å². The summed E-state index contributed by atoms with van der Waals surface area (Å²) < 4.78 is 12.8. The molecule has 0 aromatic heterocycles. The molecule has 1 saturated carbocycles. The number of aliphatic carboxylic acids is 1. The van der Waals surface area contributed by atoms with E-state index in [1.165, 1.54) is 443 Å². The van der Waals surface area contributed by atoms with Crippen LogP contribution < -0.4 is 0 Å². The number of hydrogen-bond acceptors (Lipinski definition) is 4. The molecule has 1 saturated heterocycles. The highest BCUT2D eigenvalue weighted by Crippen LogP contribution is 2.46. The lowest BCUT2D eigenvalue weighted by molar-refractivity contribution is -0.199. The molecule has 1 aliphatic carbocycles. The molecule has 1 unspecified atom stereocenters. The maximum Gasteiger partial charge on any atom is 0.309 e. The molecule has 1 heterocycles. The zero-order chi connectivity index (χ0) is 67.2. The SMILES string of the molecule is CCCCCCCCCCCCCCCCCCCCCCCCC(C(=O)O)[C@H](O)CCCCCCCCCCCCCCC[C@@H]1C[C@@H]1CCCCCCCCCCCCCCCCCC[C@H](O[C@@H]1CCCCO1)[C@@H](C)CCCCCCCCCCCCCCCCCC. The first-order valence-corrected chi connectivity index (χ1v) is 44.6. The first kappa shape index (κ1) is 89.4. The van der Waals surface area contributed by atoms with Gasteiger partial charge in [-0.05, 0) is 69.1 Å². The first-order valence-electron chi connectivity index (χ1n) is 44.6. The Bertz CT molecular complexity index is 1460. The van der Waals surface area contributed by atoms with Gasteiger partial charge in [0.1, 0.15) is 0 Å². The van der Waals surface area contributed by atoms with Crippen LogP contribution in [0.1, 0.15) is 515 Å². The summed E-state index contributed by atoms with van der Waals surface area (Å²) in [6.45, 7) is 7.97. The molecule has 5 nitrogen and oxygen atoms in total. The molecule has 560 valence electrons. The Morgan fingerprint density at radius 2 is 0.596 bits per heavy atom. The summed E-state index contributed by atoms with van der Waals surface area (Å²) in [4.78, 5) is 12.0. The Morgan fingerprint density at radius 3 is 0.872 bits per heavy atom. The Morgan fingerprint density at radius 1 is 0.340 bits per heavy atom. The van der Waals surface area contributed by atoms with Crippen LogP contribution >= 0.6 is 0 Å². The second-order valence-corrected chi connectivity index (χ2v) is 32.4. The highest BCUT2D eigenvalue weighted by atomic mass is 16.7. The normalized spacial score (nSPS) is 17.1. The van der Waals surface area contributed by atoms with E-state index in [-0.39, 0.29) is 6.29 Å². The third kappa shape index (κ3) is 61.2. The van der Waals surface area contributed by atoms with Crippen molar-refractivity contribution in [3.63, 3.8) is 0 Å². The summed E-state index contributed by atoms with van der Waals surface area (Å²) in [6, 6.07) is 0. The van der Waals surface area contributed by atoms with Crippen molar-refractivity contribution in [3.05, 3.63) is 0 Å². The fourth-order valence-electron chi connectivity index (χ4n) is 16.3. The molecule has 5 heteroatoms. The van der Waals surface area contributed by atoms with E-state index in [4.69, 9.17) is 9.47 Å². The van der Waals surface area contributed by atoms with E-state index in [0.717, 1.165) is 50.5 Å². The summed E-state index contributed by atoms with van der Waals surface area (Å²) in [6.07, 6.45) is 105. The van der Waals surface area contributed by atoms with Crippen molar-refractivity contribution in [2.75, 3.05) is 6.61 Å². The summed E-state index contributed by atoms with van der Waals surface area (Å²) in [5.41, 5.74) is 0. The third-order valence-corrected chi connectivity index (χ3v) is 23.2. The summed E-state index contributed by atoms with van der Waals surface area (Å²) >= 11 is 0. The minimum atomic E-state index is -0.798. The molecule has 0 radical (unpaired) electrons. The van der Waals surface area contributed by atoms with Crippen molar-refractivity contribution in [1.29, 1.82) is 0 Å². The minimum absolute atomic E-state index is 0.0504. The Kier molecular flexibility index (Phi) is 68.6. The zero-order valence-corrected chi connectivity index (χ0v) is 64.8. The number of unbranched alkanes of at least 4 members (excludes halogenated alkanes) is 63. The summed E-state index contributed by atoms with van der Waals surface area (Å²) in [5, 5.41) is 20.6. The molecule has 0 aromatic carbocycles. The van der Waals surface area contributed by atoms with E-state index in [2.05, 4.69) is 20.8 Å². The predicted octanol–water partition coefficient (Wildman–Crippen LogP) is 30.7. The van der Waals surface area contributed by atoms with E-state index in [1.807, 2.05) is 0 Å². The molecule has 0 aromatic rings. The fraction of sp³-hybridized carbons (Fsp3) is 0.989. The number of carboxylic acids is 1. The highest BCUT2D eigenvalue weighted by molar-refractivity contribution is 5.70. The number of ether oxygens (including phenoxy) is 2. The van der Waals surface area contributed by atoms with Gasteiger partial charge < -0.3 is 19.7 Å². The molecular formula is C89H174O5. The van der Waals surface area contributed by atoms with Gasteiger partial charge in [-0.2, -0.15) is 0 Å². The van der Waals surface area contributed by atoms with E-state index < -0.39 is 18.0 Å². The fourth-order valence-corrected chi connectivity index (χ4v) is 16.3. The van der Waals surface area contributed by atoms with E-state index in [1.54, 1.807) is 6.42 Å². The van der Waals surface area contributed by atoms with Crippen molar-refractivity contribution in [2.24, 2.45) is 23.7 Å². The van der Waals surface area contributed by atoms with Gasteiger partial charge in [0.25, 0.3) is 0 Å². The summed E-state index contributed by atoms with van der Waals surface area (Å²) in [5.74, 6) is 1.42. The van der Waals surface area contributed by atoms with E-state index in [9.17, 15) is 15.0 Å². The quantitative estimate of drug-likeness (QED) is 0.0594. The second kappa shape index (κ2) is 72.1.